The van der Waals surface area contributed by atoms with Gasteiger partial charge in [0.25, 0.3) is 0 Å². The Bertz CT molecular complexity index is 456. The van der Waals surface area contributed by atoms with Crippen molar-refractivity contribution in [2.75, 3.05) is 26.7 Å². The fourth-order valence-electron chi connectivity index (χ4n) is 2.84. The molecule has 0 saturated carbocycles. The van der Waals surface area contributed by atoms with Crippen LogP contribution in [-0.2, 0) is 4.79 Å². The molecule has 1 unspecified atom stereocenters. The van der Waals surface area contributed by atoms with Gasteiger partial charge in [-0.25, -0.2) is 4.39 Å². The number of piperidine rings is 1. The molecule has 0 aliphatic carbocycles. The minimum atomic E-state index is -0.283. The molecule has 1 aromatic carbocycles. The lowest BCUT2D eigenvalue weighted by atomic mass is 9.94. The van der Waals surface area contributed by atoms with E-state index < -0.39 is 0 Å². The highest BCUT2D eigenvalue weighted by Gasteiger charge is 2.26. The molecule has 110 valence electrons. The standard InChI is InChI=1S/C16H23FN2O/c1-12(14-4-3-5-15(17)10-14)16(20)19-8-6-13(7-9-19)11-18-2/h3-5,10,12-13,18H,6-9,11H2,1-2H3. The molecule has 1 amide bonds. The van der Waals surface area contributed by atoms with Crippen molar-refractivity contribution >= 4 is 5.91 Å². The number of halogens is 1. The van der Waals surface area contributed by atoms with Gasteiger partial charge in [0.15, 0.2) is 0 Å². The topological polar surface area (TPSA) is 32.3 Å². The molecule has 0 radical (unpaired) electrons. The van der Waals surface area contributed by atoms with Crippen LogP contribution in [0.2, 0.25) is 0 Å². The summed E-state index contributed by atoms with van der Waals surface area (Å²) in [5.41, 5.74) is 0.757. The Hall–Kier alpha value is -1.42. The van der Waals surface area contributed by atoms with Crippen LogP contribution in [0, 0.1) is 11.7 Å². The summed E-state index contributed by atoms with van der Waals surface area (Å²) in [6, 6.07) is 6.34. The summed E-state index contributed by atoms with van der Waals surface area (Å²) >= 11 is 0. The van der Waals surface area contributed by atoms with Crippen molar-refractivity contribution in [3.63, 3.8) is 0 Å². The van der Waals surface area contributed by atoms with Crippen LogP contribution in [0.4, 0.5) is 4.39 Å². The Balaban J connectivity index is 1.95. The molecule has 1 aliphatic heterocycles. The van der Waals surface area contributed by atoms with Crippen molar-refractivity contribution in [3.05, 3.63) is 35.6 Å². The zero-order valence-corrected chi connectivity index (χ0v) is 12.2. The third kappa shape index (κ3) is 3.57. The van der Waals surface area contributed by atoms with Crippen LogP contribution in [0.15, 0.2) is 24.3 Å². The van der Waals surface area contributed by atoms with Crippen molar-refractivity contribution < 1.29 is 9.18 Å². The van der Waals surface area contributed by atoms with Crippen LogP contribution >= 0.6 is 0 Å². The van der Waals surface area contributed by atoms with Gasteiger partial charge in [-0.1, -0.05) is 12.1 Å². The smallest absolute Gasteiger partial charge is 0.229 e. The van der Waals surface area contributed by atoms with Crippen LogP contribution in [0.25, 0.3) is 0 Å². The summed E-state index contributed by atoms with van der Waals surface area (Å²) in [4.78, 5) is 14.4. The monoisotopic (exact) mass is 278 g/mol. The number of carbonyl (C=O) groups is 1. The van der Waals surface area contributed by atoms with Gasteiger partial charge >= 0.3 is 0 Å². The van der Waals surface area contributed by atoms with Crippen LogP contribution in [-0.4, -0.2) is 37.5 Å². The molecule has 1 aliphatic rings. The number of amides is 1. The van der Waals surface area contributed by atoms with Gasteiger partial charge < -0.3 is 10.2 Å². The fraction of sp³-hybridized carbons (Fsp3) is 0.562. The third-order valence-corrected chi connectivity index (χ3v) is 4.14. The molecule has 4 heteroatoms. The molecule has 1 N–H and O–H groups in total. The van der Waals surface area contributed by atoms with Gasteiger partial charge in [-0.3, -0.25) is 4.79 Å². The van der Waals surface area contributed by atoms with E-state index in [4.69, 9.17) is 0 Å². The third-order valence-electron chi connectivity index (χ3n) is 4.14. The molecular formula is C16H23FN2O. The highest BCUT2D eigenvalue weighted by atomic mass is 19.1. The number of hydrogen-bond donors (Lipinski definition) is 1. The molecular weight excluding hydrogens is 255 g/mol. The van der Waals surface area contributed by atoms with Gasteiger partial charge in [0, 0.05) is 13.1 Å². The van der Waals surface area contributed by atoms with Gasteiger partial charge in [-0.15, -0.1) is 0 Å². The van der Waals surface area contributed by atoms with E-state index in [1.807, 2.05) is 24.9 Å². The van der Waals surface area contributed by atoms with E-state index >= 15 is 0 Å². The quantitative estimate of drug-likeness (QED) is 0.917. The number of hydrogen-bond acceptors (Lipinski definition) is 2. The van der Waals surface area contributed by atoms with Gasteiger partial charge in [0.1, 0.15) is 5.82 Å². The molecule has 1 saturated heterocycles. The van der Waals surface area contributed by atoms with Crippen molar-refractivity contribution in [3.8, 4) is 0 Å². The lowest BCUT2D eigenvalue weighted by Crippen LogP contribution is -2.42. The van der Waals surface area contributed by atoms with Crippen LogP contribution < -0.4 is 5.32 Å². The Morgan fingerprint density at radius 2 is 2.15 bits per heavy atom. The van der Waals surface area contributed by atoms with Gasteiger partial charge in [0.2, 0.25) is 5.91 Å². The van der Waals surface area contributed by atoms with E-state index in [1.165, 1.54) is 12.1 Å². The molecule has 0 spiro atoms. The molecule has 1 heterocycles. The van der Waals surface area contributed by atoms with Gasteiger partial charge in [-0.2, -0.15) is 0 Å². The highest BCUT2D eigenvalue weighted by Crippen LogP contribution is 2.23. The van der Waals surface area contributed by atoms with Gasteiger partial charge in [-0.05, 0) is 57.0 Å². The summed E-state index contributed by atoms with van der Waals surface area (Å²) in [6.45, 7) is 4.49. The van der Waals surface area contributed by atoms with Crippen molar-refractivity contribution in [1.29, 1.82) is 0 Å². The molecule has 0 bridgehead atoms. The minimum absolute atomic E-state index is 0.110. The normalized spacial score (nSPS) is 18.1. The van der Waals surface area contributed by atoms with Crippen molar-refractivity contribution in [2.45, 2.75) is 25.7 Å². The second-order valence-electron chi connectivity index (χ2n) is 5.60. The molecule has 3 nitrogen and oxygen atoms in total. The summed E-state index contributed by atoms with van der Waals surface area (Å²) in [7, 11) is 1.96. The summed E-state index contributed by atoms with van der Waals surface area (Å²) in [5.74, 6) is 0.216. The van der Waals surface area contributed by atoms with E-state index in [0.29, 0.717) is 5.92 Å². The van der Waals surface area contributed by atoms with Crippen LogP contribution in [0.1, 0.15) is 31.2 Å². The summed E-state index contributed by atoms with van der Waals surface area (Å²) < 4.78 is 13.2. The molecule has 0 aromatic heterocycles. The van der Waals surface area contributed by atoms with E-state index in [0.717, 1.165) is 38.0 Å². The second kappa shape index (κ2) is 6.84. The average molecular weight is 278 g/mol. The van der Waals surface area contributed by atoms with Crippen molar-refractivity contribution in [2.24, 2.45) is 5.92 Å². The SMILES string of the molecule is CNCC1CCN(C(=O)C(C)c2cccc(F)c2)CC1. The first-order valence-electron chi connectivity index (χ1n) is 7.30. The lowest BCUT2D eigenvalue weighted by molar-refractivity contribution is -0.133. The Kier molecular flexibility index (Phi) is 5.12. The zero-order chi connectivity index (χ0) is 14.5. The number of nitrogens with one attached hydrogen (secondary N) is 1. The maximum Gasteiger partial charge on any atom is 0.229 e. The van der Waals surface area contributed by atoms with E-state index in [-0.39, 0.29) is 17.6 Å². The van der Waals surface area contributed by atoms with E-state index in [9.17, 15) is 9.18 Å². The number of likely N-dealkylation sites (tertiary alicyclic amines) is 1. The molecule has 20 heavy (non-hydrogen) atoms. The Morgan fingerprint density at radius 3 is 2.75 bits per heavy atom. The van der Waals surface area contributed by atoms with Crippen LogP contribution in [0.5, 0.6) is 0 Å². The maximum atomic E-state index is 13.2. The molecule has 1 aromatic rings. The lowest BCUT2D eigenvalue weighted by Gasteiger charge is -2.33. The fourth-order valence-corrected chi connectivity index (χ4v) is 2.84. The van der Waals surface area contributed by atoms with Crippen LogP contribution in [0.3, 0.4) is 0 Å². The number of carbonyl (C=O) groups excluding carboxylic acids is 1. The highest BCUT2D eigenvalue weighted by molar-refractivity contribution is 5.83. The van der Waals surface area contributed by atoms with Crippen molar-refractivity contribution in [1.82, 2.24) is 10.2 Å². The second-order valence-corrected chi connectivity index (χ2v) is 5.60. The number of nitrogens with zero attached hydrogens (tertiary/aromatic N) is 1. The molecule has 2 rings (SSSR count). The largest absolute Gasteiger partial charge is 0.342 e. The molecule has 1 fully saturated rings. The maximum absolute atomic E-state index is 13.2. The predicted octanol–water partition coefficient (Wildman–Crippen LogP) is 2.39. The predicted molar refractivity (Wildman–Crippen MR) is 78.0 cm³/mol. The number of rotatable bonds is 4. The first-order chi connectivity index (χ1) is 9.61. The van der Waals surface area contributed by atoms with E-state index in [1.54, 1.807) is 6.07 Å². The number of benzene rings is 1. The Morgan fingerprint density at radius 1 is 1.45 bits per heavy atom. The summed E-state index contributed by atoms with van der Waals surface area (Å²) in [5, 5.41) is 3.19. The van der Waals surface area contributed by atoms with E-state index in [2.05, 4.69) is 5.32 Å². The molecule has 1 atom stereocenters. The zero-order valence-electron chi connectivity index (χ0n) is 12.2. The first kappa shape index (κ1) is 15.0. The Labute approximate surface area is 120 Å². The minimum Gasteiger partial charge on any atom is -0.342 e. The van der Waals surface area contributed by atoms with Gasteiger partial charge in [0.05, 0.1) is 5.92 Å². The average Bonchev–Trinajstić information content (AvgIpc) is 2.47. The first-order valence-corrected chi connectivity index (χ1v) is 7.30. The summed E-state index contributed by atoms with van der Waals surface area (Å²) in [6.07, 6.45) is 2.09.